The Morgan fingerprint density at radius 3 is 2.24 bits per heavy atom. The van der Waals surface area contributed by atoms with Crippen LogP contribution in [0.4, 0.5) is 0 Å². The number of benzene rings is 1. The lowest BCUT2D eigenvalue weighted by Gasteiger charge is -2.20. The minimum absolute atomic E-state index is 0.260. The monoisotopic (exact) mass is 305 g/mol. The van der Waals surface area contributed by atoms with Gasteiger partial charge in [-0.05, 0) is 52.2 Å². The van der Waals surface area contributed by atoms with Gasteiger partial charge in [0.1, 0.15) is 0 Å². The molecule has 0 aliphatic carbocycles. The van der Waals surface area contributed by atoms with E-state index < -0.39 is 11.0 Å². The molecule has 2 nitrogen and oxygen atoms in total. The first-order valence-corrected chi connectivity index (χ1v) is 8.40. The summed E-state index contributed by atoms with van der Waals surface area (Å²) < 4.78 is 15.1. The van der Waals surface area contributed by atoms with Gasteiger partial charge in [-0.2, -0.15) is 0 Å². The van der Waals surface area contributed by atoms with E-state index in [0.29, 0.717) is 6.54 Å². The summed E-state index contributed by atoms with van der Waals surface area (Å²) in [5.41, 5.74) is 4.79. The first kappa shape index (κ1) is 17.9. The molecule has 0 aliphatic rings. The molecule has 0 spiro atoms. The molecule has 0 amide bonds. The van der Waals surface area contributed by atoms with Crippen LogP contribution < -0.4 is 4.72 Å². The van der Waals surface area contributed by atoms with E-state index in [1.807, 2.05) is 45.9 Å². The average Bonchev–Trinajstić information content (AvgIpc) is 2.38. The van der Waals surface area contributed by atoms with Gasteiger partial charge in [0.05, 0.1) is 15.7 Å². The Morgan fingerprint density at radius 2 is 1.76 bits per heavy atom. The third kappa shape index (κ3) is 5.98. The van der Waals surface area contributed by atoms with Gasteiger partial charge < -0.3 is 0 Å². The van der Waals surface area contributed by atoms with E-state index >= 15 is 0 Å². The lowest BCUT2D eigenvalue weighted by molar-refractivity contribution is 0.639. The molecule has 1 aromatic carbocycles. The predicted molar refractivity (Wildman–Crippen MR) is 94.4 cm³/mol. The van der Waals surface area contributed by atoms with Crippen molar-refractivity contribution in [2.24, 2.45) is 0 Å². The van der Waals surface area contributed by atoms with Gasteiger partial charge in [-0.15, -0.1) is 0 Å². The van der Waals surface area contributed by atoms with Crippen molar-refractivity contribution in [3.05, 3.63) is 53.6 Å². The van der Waals surface area contributed by atoms with Crippen LogP contribution >= 0.6 is 0 Å². The summed E-state index contributed by atoms with van der Waals surface area (Å²) in [5, 5.41) is 0. The van der Waals surface area contributed by atoms with Crippen LogP contribution in [0.3, 0.4) is 0 Å². The molecular formula is C18H27NOS. The maximum atomic E-state index is 12.2. The van der Waals surface area contributed by atoms with Crippen LogP contribution in [0.15, 0.2) is 48.1 Å². The number of hydrogen-bond donors (Lipinski definition) is 1. The fourth-order valence-electron chi connectivity index (χ4n) is 2.05. The van der Waals surface area contributed by atoms with Gasteiger partial charge in [0.2, 0.25) is 0 Å². The molecule has 1 N–H and O–H groups in total. The van der Waals surface area contributed by atoms with Gasteiger partial charge in [0.25, 0.3) is 0 Å². The standard InChI is InChI=1S/C18H27NOS/c1-14(2)12-15(3)17(16-10-8-7-9-11-16)13-19-21(20)18(4,5)6/h7-11,19H,1,12-13H2,2-6H3/t21-/m1/s1. The highest BCUT2D eigenvalue weighted by Crippen LogP contribution is 2.23. The lowest BCUT2D eigenvalue weighted by atomic mass is 9.97. The zero-order chi connectivity index (χ0) is 16.0. The maximum absolute atomic E-state index is 12.2. The molecule has 0 radical (unpaired) electrons. The molecular weight excluding hydrogens is 278 g/mol. The minimum Gasteiger partial charge on any atom is -0.242 e. The second-order valence-electron chi connectivity index (χ2n) is 6.46. The molecule has 1 rings (SSSR count). The normalized spacial score (nSPS) is 14.5. The minimum atomic E-state index is -1.07. The summed E-state index contributed by atoms with van der Waals surface area (Å²) in [4.78, 5) is 0. The smallest absolute Gasteiger partial charge is 0.0973 e. The van der Waals surface area contributed by atoms with Crippen molar-refractivity contribution < 1.29 is 4.21 Å². The first-order chi connectivity index (χ1) is 9.71. The molecule has 21 heavy (non-hydrogen) atoms. The van der Waals surface area contributed by atoms with Gasteiger partial charge >= 0.3 is 0 Å². The van der Waals surface area contributed by atoms with Crippen LogP contribution in [-0.2, 0) is 11.0 Å². The highest BCUT2D eigenvalue weighted by molar-refractivity contribution is 7.84. The Hall–Kier alpha value is -1.19. The molecule has 0 heterocycles. The molecule has 0 saturated carbocycles. The van der Waals surface area contributed by atoms with Gasteiger partial charge in [0, 0.05) is 6.54 Å². The molecule has 0 fully saturated rings. The number of hydrogen-bond acceptors (Lipinski definition) is 1. The van der Waals surface area contributed by atoms with Gasteiger partial charge in [0.15, 0.2) is 0 Å². The largest absolute Gasteiger partial charge is 0.242 e. The second-order valence-corrected chi connectivity index (χ2v) is 8.51. The summed E-state index contributed by atoms with van der Waals surface area (Å²) in [7, 11) is -1.07. The van der Waals surface area contributed by atoms with E-state index in [-0.39, 0.29) is 4.75 Å². The molecule has 0 bridgehead atoms. The van der Waals surface area contributed by atoms with Gasteiger partial charge in [-0.1, -0.05) is 48.1 Å². The summed E-state index contributed by atoms with van der Waals surface area (Å²) in [6, 6.07) is 10.3. The molecule has 0 aliphatic heterocycles. The highest BCUT2D eigenvalue weighted by atomic mass is 32.2. The Labute approximate surface area is 131 Å². The third-order valence-electron chi connectivity index (χ3n) is 3.14. The third-order valence-corrected chi connectivity index (χ3v) is 4.66. The van der Waals surface area contributed by atoms with Crippen LogP contribution in [0.1, 0.15) is 46.6 Å². The van der Waals surface area contributed by atoms with Gasteiger partial charge in [-0.25, -0.2) is 8.93 Å². The second kappa shape index (κ2) is 7.71. The Morgan fingerprint density at radius 1 is 1.19 bits per heavy atom. The molecule has 1 aromatic rings. The van der Waals surface area contributed by atoms with Crippen molar-refractivity contribution >= 4 is 16.6 Å². The van der Waals surface area contributed by atoms with E-state index in [4.69, 9.17) is 0 Å². The highest BCUT2D eigenvalue weighted by Gasteiger charge is 2.19. The van der Waals surface area contributed by atoms with Crippen molar-refractivity contribution in [3.63, 3.8) is 0 Å². The van der Waals surface area contributed by atoms with Crippen molar-refractivity contribution in [2.45, 2.75) is 45.8 Å². The summed E-state index contributed by atoms with van der Waals surface area (Å²) >= 11 is 0. The zero-order valence-corrected chi connectivity index (χ0v) is 14.6. The Kier molecular flexibility index (Phi) is 6.56. The molecule has 116 valence electrons. The van der Waals surface area contributed by atoms with Crippen LogP contribution in [0.5, 0.6) is 0 Å². The van der Waals surface area contributed by atoms with Crippen molar-refractivity contribution in [2.75, 3.05) is 6.54 Å². The average molecular weight is 305 g/mol. The van der Waals surface area contributed by atoms with E-state index in [1.54, 1.807) is 0 Å². The topological polar surface area (TPSA) is 29.1 Å². The summed E-state index contributed by atoms with van der Waals surface area (Å²) in [6.07, 6.45) is 0.869. The van der Waals surface area contributed by atoms with Crippen molar-refractivity contribution in [3.8, 4) is 0 Å². The van der Waals surface area contributed by atoms with Crippen LogP contribution in [0.2, 0.25) is 0 Å². The van der Waals surface area contributed by atoms with E-state index in [0.717, 1.165) is 12.0 Å². The van der Waals surface area contributed by atoms with E-state index in [1.165, 1.54) is 16.7 Å². The van der Waals surface area contributed by atoms with Crippen LogP contribution in [0, 0.1) is 0 Å². The van der Waals surface area contributed by atoms with E-state index in [9.17, 15) is 4.21 Å². The molecule has 3 heteroatoms. The molecule has 0 saturated heterocycles. The number of rotatable bonds is 6. The molecule has 0 aromatic heterocycles. The predicted octanol–water partition coefficient (Wildman–Crippen LogP) is 4.48. The first-order valence-electron chi connectivity index (χ1n) is 7.25. The van der Waals surface area contributed by atoms with Crippen LogP contribution in [-0.4, -0.2) is 15.5 Å². The van der Waals surface area contributed by atoms with Gasteiger partial charge in [-0.3, -0.25) is 0 Å². The number of nitrogens with one attached hydrogen (secondary N) is 1. The zero-order valence-electron chi connectivity index (χ0n) is 13.8. The SMILES string of the molecule is C=C(C)CC(C)=C(CN[S@](=O)C(C)(C)C)c1ccccc1. The maximum Gasteiger partial charge on any atom is 0.0973 e. The fraction of sp³-hybridized carbons (Fsp3) is 0.444. The van der Waals surface area contributed by atoms with E-state index in [2.05, 4.69) is 30.4 Å². The molecule has 0 unspecified atom stereocenters. The molecule has 1 atom stereocenters. The van der Waals surface area contributed by atoms with Crippen molar-refractivity contribution in [1.29, 1.82) is 0 Å². The Bertz CT molecular complexity index is 538. The van der Waals surface area contributed by atoms with Crippen molar-refractivity contribution in [1.82, 2.24) is 4.72 Å². The lowest BCUT2D eigenvalue weighted by Crippen LogP contribution is -2.34. The van der Waals surface area contributed by atoms with Crippen LogP contribution in [0.25, 0.3) is 5.57 Å². The summed E-state index contributed by atoms with van der Waals surface area (Å²) in [6.45, 7) is 14.7. The summed E-state index contributed by atoms with van der Waals surface area (Å²) in [5.74, 6) is 0. The Balaban J connectivity index is 2.99. The fourth-order valence-corrected chi connectivity index (χ4v) is 2.76. The quantitative estimate of drug-likeness (QED) is 0.771. The number of allylic oxidation sites excluding steroid dienone is 2.